The average molecular weight is 619 g/mol. The molecule has 0 bridgehead atoms. The van der Waals surface area contributed by atoms with Crippen LogP contribution in [0.4, 0.5) is 5.69 Å². The van der Waals surface area contributed by atoms with Crippen molar-refractivity contribution in [1.29, 1.82) is 0 Å². The highest BCUT2D eigenvalue weighted by Gasteiger charge is 2.40. The topological polar surface area (TPSA) is 148 Å². The number of nitrogens with zero attached hydrogens (tertiary/aromatic N) is 3. The second-order valence-electron chi connectivity index (χ2n) is 9.78. The molecule has 12 nitrogen and oxygen atoms in total. The number of carbonyl (C=O) groups is 2. The molecule has 2 aromatic rings. The van der Waals surface area contributed by atoms with E-state index in [4.69, 9.17) is 21.1 Å². The van der Waals surface area contributed by atoms with E-state index in [-0.39, 0.29) is 47.0 Å². The quantitative estimate of drug-likeness (QED) is 0.252. The molecular formula is C28H31ClN4O8S. The number of allylic oxidation sites excluding steroid dienone is 2. The normalized spacial score (nSPS) is 18.4. The number of halogens is 1. The first-order valence-corrected chi connectivity index (χ1v) is 14.9. The summed E-state index contributed by atoms with van der Waals surface area (Å²) in [5.74, 6) is -2.55. The van der Waals surface area contributed by atoms with E-state index in [2.05, 4.69) is 5.32 Å². The number of ether oxygens (including phenoxy) is 2. The summed E-state index contributed by atoms with van der Waals surface area (Å²) in [4.78, 5) is 39.7. The standard InChI is InChI=1S/C28H31ClN4O8S/c1-18-24(27(34)40-3)26(22-6-4-5-7-23(22)33(36)37)25(19(2)30-18)28(35)41-17-16-31-12-14-32(15-13-31)42(38,39)21-10-8-20(29)9-11-21/h4-11,26,30H,12-17H2,1-3H3/t26-/m0/s1. The number of nitrogens with one attached hydrogen (secondary N) is 1. The van der Waals surface area contributed by atoms with Gasteiger partial charge in [0.25, 0.3) is 5.69 Å². The Morgan fingerprint density at radius 3 is 2.19 bits per heavy atom. The van der Waals surface area contributed by atoms with Crippen LogP contribution < -0.4 is 5.32 Å². The molecule has 2 heterocycles. The Labute approximate surface area is 248 Å². The van der Waals surface area contributed by atoms with Crippen molar-refractivity contribution >= 4 is 39.3 Å². The van der Waals surface area contributed by atoms with E-state index in [0.717, 1.165) is 0 Å². The summed E-state index contributed by atoms with van der Waals surface area (Å²) in [6.45, 7) is 4.98. The van der Waals surface area contributed by atoms with Crippen LogP contribution >= 0.6 is 11.6 Å². The monoisotopic (exact) mass is 618 g/mol. The van der Waals surface area contributed by atoms with Gasteiger partial charge in [-0.1, -0.05) is 29.8 Å². The summed E-state index contributed by atoms with van der Waals surface area (Å²) >= 11 is 5.88. The van der Waals surface area contributed by atoms with Crippen molar-refractivity contribution in [3.8, 4) is 0 Å². The van der Waals surface area contributed by atoms with Crippen molar-refractivity contribution in [2.75, 3.05) is 46.4 Å². The minimum Gasteiger partial charge on any atom is -0.466 e. The summed E-state index contributed by atoms with van der Waals surface area (Å²) in [5, 5.41) is 15.3. The Hall–Kier alpha value is -3.78. The lowest BCUT2D eigenvalue weighted by Crippen LogP contribution is -2.49. The van der Waals surface area contributed by atoms with Gasteiger partial charge in [0, 0.05) is 60.8 Å². The number of nitro benzene ring substituents is 1. The molecule has 0 radical (unpaired) electrons. The van der Waals surface area contributed by atoms with Crippen LogP contribution in [0.25, 0.3) is 0 Å². The van der Waals surface area contributed by atoms with Gasteiger partial charge >= 0.3 is 11.9 Å². The van der Waals surface area contributed by atoms with E-state index in [0.29, 0.717) is 36.1 Å². The Balaban J connectivity index is 1.45. The number of benzene rings is 2. The third kappa shape index (κ3) is 6.49. The van der Waals surface area contributed by atoms with Gasteiger partial charge in [0.1, 0.15) is 6.61 Å². The molecule has 14 heteroatoms. The summed E-state index contributed by atoms with van der Waals surface area (Å²) < 4.78 is 37.9. The van der Waals surface area contributed by atoms with Crippen molar-refractivity contribution < 1.29 is 32.4 Å². The zero-order chi connectivity index (χ0) is 30.6. The second kappa shape index (κ2) is 13.0. The van der Waals surface area contributed by atoms with Gasteiger partial charge in [-0.05, 0) is 38.1 Å². The predicted octanol–water partition coefficient (Wildman–Crippen LogP) is 3.21. The molecule has 42 heavy (non-hydrogen) atoms. The molecule has 0 spiro atoms. The van der Waals surface area contributed by atoms with Crippen molar-refractivity contribution in [1.82, 2.24) is 14.5 Å². The molecule has 0 aromatic heterocycles. The Morgan fingerprint density at radius 1 is 1.00 bits per heavy atom. The lowest BCUT2D eigenvalue weighted by molar-refractivity contribution is -0.385. The van der Waals surface area contributed by atoms with Crippen molar-refractivity contribution in [2.45, 2.75) is 24.7 Å². The molecule has 1 fully saturated rings. The van der Waals surface area contributed by atoms with Crippen LogP contribution in [-0.2, 0) is 29.1 Å². The summed E-state index contributed by atoms with van der Waals surface area (Å²) in [7, 11) is -2.46. The molecule has 1 atom stereocenters. The Morgan fingerprint density at radius 2 is 1.60 bits per heavy atom. The zero-order valence-electron chi connectivity index (χ0n) is 23.3. The van der Waals surface area contributed by atoms with Crippen molar-refractivity contribution in [3.05, 3.63) is 91.8 Å². The van der Waals surface area contributed by atoms with E-state index >= 15 is 0 Å². The number of piperazine rings is 1. The van der Waals surface area contributed by atoms with Gasteiger partial charge in [0.2, 0.25) is 10.0 Å². The number of nitro groups is 1. The van der Waals surface area contributed by atoms with Gasteiger partial charge in [-0.25, -0.2) is 18.0 Å². The van der Waals surface area contributed by atoms with E-state index in [9.17, 15) is 28.1 Å². The summed E-state index contributed by atoms with van der Waals surface area (Å²) in [5.41, 5.74) is 0.854. The van der Waals surface area contributed by atoms with Gasteiger partial charge in [-0.3, -0.25) is 15.0 Å². The molecule has 1 N–H and O–H groups in total. The number of hydrogen-bond acceptors (Lipinski definition) is 10. The number of para-hydroxylation sites is 1. The molecule has 0 saturated carbocycles. The van der Waals surface area contributed by atoms with Crippen LogP contribution in [0.3, 0.4) is 0 Å². The maximum Gasteiger partial charge on any atom is 0.336 e. The molecule has 1 saturated heterocycles. The molecule has 0 unspecified atom stereocenters. The summed E-state index contributed by atoms with van der Waals surface area (Å²) in [6, 6.07) is 11.9. The van der Waals surface area contributed by atoms with Crippen molar-refractivity contribution in [2.24, 2.45) is 0 Å². The Bertz CT molecular complexity index is 1550. The van der Waals surface area contributed by atoms with Gasteiger partial charge < -0.3 is 14.8 Å². The first-order chi connectivity index (χ1) is 19.9. The maximum atomic E-state index is 13.5. The number of carbonyl (C=O) groups excluding carboxylic acids is 2. The Kier molecular flexibility index (Phi) is 9.67. The van der Waals surface area contributed by atoms with Gasteiger partial charge in [0.15, 0.2) is 0 Å². The minimum absolute atomic E-state index is 0.0145. The van der Waals surface area contributed by atoms with Crippen LogP contribution in [0.2, 0.25) is 5.02 Å². The van der Waals surface area contributed by atoms with Gasteiger partial charge in [-0.2, -0.15) is 4.31 Å². The van der Waals surface area contributed by atoms with Gasteiger partial charge in [0.05, 0.1) is 34.0 Å². The summed E-state index contributed by atoms with van der Waals surface area (Å²) in [6.07, 6.45) is 0. The highest BCUT2D eigenvalue weighted by molar-refractivity contribution is 7.89. The van der Waals surface area contributed by atoms with Crippen LogP contribution in [0.5, 0.6) is 0 Å². The first-order valence-electron chi connectivity index (χ1n) is 13.1. The fraction of sp³-hybridized carbons (Fsp3) is 0.357. The van der Waals surface area contributed by atoms with Gasteiger partial charge in [-0.15, -0.1) is 0 Å². The van der Waals surface area contributed by atoms with E-state index in [1.165, 1.54) is 53.9 Å². The fourth-order valence-electron chi connectivity index (χ4n) is 5.15. The molecule has 0 aliphatic carbocycles. The zero-order valence-corrected chi connectivity index (χ0v) is 24.9. The van der Waals surface area contributed by atoms with Crippen LogP contribution in [0, 0.1) is 10.1 Å². The highest BCUT2D eigenvalue weighted by atomic mass is 35.5. The lowest BCUT2D eigenvalue weighted by Gasteiger charge is -2.34. The molecule has 2 aliphatic rings. The maximum absolute atomic E-state index is 13.5. The molecule has 2 aliphatic heterocycles. The third-order valence-corrected chi connectivity index (χ3v) is 9.42. The minimum atomic E-state index is -3.66. The number of dihydropyridines is 1. The molecule has 4 rings (SSSR count). The second-order valence-corrected chi connectivity index (χ2v) is 12.2. The van der Waals surface area contributed by atoms with Crippen molar-refractivity contribution in [3.63, 3.8) is 0 Å². The van der Waals surface area contributed by atoms with E-state index in [1.807, 2.05) is 4.90 Å². The van der Waals surface area contributed by atoms with Crippen LogP contribution in [0.1, 0.15) is 25.3 Å². The molecular weight excluding hydrogens is 588 g/mol. The number of methoxy groups -OCH3 is 1. The first kappa shape index (κ1) is 31.2. The molecule has 2 aromatic carbocycles. The molecule has 224 valence electrons. The van der Waals surface area contributed by atoms with Crippen LogP contribution in [0.15, 0.2) is 76.0 Å². The average Bonchev–Trinajstić information content (AvgIpc) is 2.96. The largest absolute Gasteiger partial charge is 0.466 e. The number of hydrogen-bond donors (Lipinski definition) is 1. The SMILES string of the molecule is COC(=O)C1=C(C)NC(C)=C(C(=O)OCCN2CCN(S(=O)(=O)c3ccc(Cl)cc3)CC2)[C@H]1c1ccccc1[N+](=O)[O-]. The number of esters is 2. The lowest BCUT2D eigenvalue weighted by atomic mass is 9.79. The number of sulfonamides is 1. The molecule has 0 amide bonds. The predicted molar refractivity (Wildman–Crippen MR) is 154 cm³/mol. The van der Waals surface area contributed by atoms with Crippen LogP contribution in [-0.4, -0.2) is 80.9 Å². The van der Waals surface area contributed by atoms with E-state index in [1.54, 1.807) is 19.9 Å². The highest BCUT2D eigenvalue weighted by Crippen LogP contribution is 2.42. The van der Waals surface area contributed by atoms with E-state index < -0.39 is 32.8 Å². The number of rotatable bonds is 9. The fourth-order valence-corrected chi connectivity index (χ4v) is 6.70. The smallest absolute Gasteiger partial charge is 0.336 e. The third-order valence-electron chi connectivity index (χ3n) is 7.25.